The van der Waals surface area contributed by atoms with Crippen LogP contribution in [-0.4, -0.2) is 25.0 Å². The molecular weight excluding hydrogens is 469 g/mol. The van der Waals surface area contributed by atoms with Crippen molar-refractivity contribution >= 4 is 5.91 Å². The number of hydrogen-bond donors (Lipinski definition) is 2. The second-order valence-corrected chi connectivity index (χ2v) is 7.78. The molecule has 3 rings (SSSR count). The number of alkyl halides is 3. The Balaban J connectivity index is 1.93. The Kier molecular flexibility index (Phi) is 8.39. The van der Waals surface area contributed by atoms with E-state index in [2.05, 4.69) is 15.6 Å². The predicted molar refractivity (Wildman–Crippen MR) is 120 cm³/mol. The van der Waals surface area contributed by atoms with Gasteiger partial charge in [0.1, 0.15) is 11.7 Å². The Morgan fingerprint density at radius 1 is 1.03 bits per heavy atom. The quantitative estimate of drug-likeness (QED) is 0.406. The number of nitrogens with one attached hydrogen (secondary N) is 2. The number of pyridine rings is 1. The molecule has 2 aromatic carbocycles. The van der Waals surface area contributed by atoms with E-state index < -0.39 is 41.3 Å². The molecule has 1 aromatic heterocycles. The average molecular weight is 493 g/mol. The average Bonchev–Trinajstić information content (AvgIpc) is 2.83. The van der Waals surface area contributed by atoms with Crippen LogP contribution >= 0.6 is 0 Å². The largest absolute Gasteiger partial charge is 0.491 e. The highest BCUT2D eigenvalue weighted by molar-refractivity contribution is 5.83. The lowest BCUT2D eigenvalue weighted by molar-refractivity contribution is -0.141. The summed E-state index contributed by atoms with van der Waals surface area (Å²) in [5.74, 6) is -2.74. The second-order valence-electron chi connectivity index (χ2n) is 7.78. The van der Waals surface area contributed by atoms with Crippen LogP contribution in [0.1, 0.15) is 40.9 Å². The molecule has 0 spiro atoms. The third-order valence-corrected chi connectivity index (χ3v) is 5.47. The smallest absolute Gasteiger partial charge is 0.433 e. The molecule has 0 fully saturated rings. The van der Waals surface area contributed by atoms with E-state index >= 15 is 0 Å². The van der Waals surface area contributed by atoms with Gasteiger partial charge in [-0.1, -0.05) is 36.4 Å². The minimum absolute atomic E-state index is 0.207. The highest BCUT2D eigenvalue weighted by atomic mass is 19.4. The molecule has 1 amide bonds. The van der Waals surface area contributed by atoms with Crippen molar-refractivity contribution in [1.29, 1.82) is 0 Å². The van der Waals surface area contributed by atoms with Gasteiger partial charge in [-0.3, -0.25) is 15.1 Å². The standard InChI is InChI=1S/C25H24F5N3O2/c1-31-24(34)22(16-6-4-3-5-7-16)33-20(17-12-18(26)23(35-2)19(27)13-17)10-8-15-9-11-21(32-14-15)25(28,29)30/h3-7,9,11-14,20,22,33H,8,10H2,1-2H3,(H,31,34). The van der Waals surface area contributed by atoms with Crippen molar-refractivity contribution in [2.75, 3.05) is 14.2 Å². The van der Waals surface area contributed by atoms with Crippen molar-refractivity contribution in [3.8, 4) is 5.75 Å². The lowest BCUT2D eigenvalue weighted by Gasteiger charge is -2.26. The number of methoxy groups -OCH3 is 1. The second kappa shape index (κ2) is 11.3. The number of halogens is 5. The summed E-state index contributed by atoms with van der Waals surface area (Å²) in [6.07, 6.45) is -3.01. The van der Waals surface area contributed by atoms with Gasteiger partial charge in [0, 0.05) is 19.3 Å². The summed E-state index contributed by atoms with van der Waals surface area (Å²) in [5.41, 5.74) is 0.322. The van der Waals surface area contributed by atoms with Gasteiger partial charge in [0.05, 0.1) is 7.11 Å². The molecule has 0 bridgehead atoms. The minimum Gasteiger partial charge on any atom is -0.491 e. The van der Waals surface area contributed by atoms with E-state index in [0.29, 0.717) is 11.1 Å². The summed E-state index contributed by atoms with van der Waals surface area (Å²) in [6, 6.07) is 11.6. The molecule has 0 aliphatic rings. The SMILES string of the molecule is CNC(=O)C(NC(CCc1ccc(C(F)(F)F)nc1)c1cc(F)c(OC)c(F)c1)c1ccccc1. The number of ether oxygens (including phenoxy) is 1. The number of carbonyl (C=O) groups is 1. The summed E-state index contributed by atoms with van der Waals surface area (Å²) in [5, 5.41) is 5.72. The molecule has 35 heavy (non-hydrogen) atoms. The van der Waals surface area contributed by atoms with Crippen LogP contribution in [0.4, 0.5) is 22.0 Å². The molecule has 1 heterocycles. The van der Waals surface area contributed by atoms with Crippen molar-refractivity contribution in [2.24, 2.45) is 0 Å². The van der Waals surface area contributed by atoms with E-state index in [9.17, 15) is 26.7 Å². The number of likely N-dealkylation sites (N-methyl/N-ethyl adjacent to an activating group) is 1. The number of hydrogen-bond acceptors (Lipinski definition) is 4. The number of aryl methyl sites for hydroxylation is 1. The topological polar surface area (TPSA) is 63.2 Å². The van der Waals surface area contributed by atoms with E-state index in [1.54, 1.807) is 30.3 Å². The van der Waals surface area contributed by atoms with Gasteiger partial charge in [0.2, 0.25) is 5.91 Å². The van der Waals surface area contributed by atoms with Crippen LogP contribution in [0.5, 0.6) is 5.75 Å². The molecular formula is C25H24F5N3O2. The molecule has 5 nitrogen and oxygen atoms in total. The van der Waals surface area contributed by atoms with Crippen molar-refractivity contribution < 1.29 is 31.5 Å². The number of carbonyl (C=O) groups excluding carboxylic acids is 1. The van der Waals surface area contributed by atoms with Crippen LogP contribution in [0.2, 0.25) is 0 Å². The van der Waals surface area contributed by atoms with Gasteiger partial charge < -0.3 is 10.1 Å². The van der Waals surface area contributed by atoms with Gasteiger partial charge >= 0.3 is 6.18 Å². The maximum Gasteiger partial charge on any atom is 0.433 e. The van der Waals surface area contributed by atoms with E-state index in [-0.39, 0.29) is 24.3 Å². The fraction of sp³-hybridized carbons (Fsp3) is 0.280. The first-order valence-electron chi connectivity index (χ1n) is 10.7. The first-order valence-corrected chi connectivity index (χ1v) is 10.7. The van der Waals surface area contributed by atoms with Crippen LogP contribution in [0.25, 0.3) is 0 Å². The van der Waals surface area contributed by atoms with E-state index in [4.69, 9.17) is 4.74 Å². The molecule has 2 unspecified atom stereocenters. The highest BCUT2D eigenvalue weighted by Gasteiger charge is 2.32. The van der Waals surface area contributed by atoms with Crippen molar-refractivity contribution in [3.05, 3.63) is 94.8 Å². The van der Waals surface area contributed by atoms with Gasteiger partial charge in [0.25, 0.3) is 0 Å². The van der Waals surface area contributed by atoms with E-state index in [1.165, 1.54) is 13.1 Å². The Morgan fingerprint density at radius 2 is 1.69 bits per heavy atom. The molecule has 0 aliphatic carbocycles. The molecule has 0 aliphatic heterocycles. The van der Waals surface area contributed by atoms with Gasteiger partial charge in [0.15, 0.2) is 17.4 Å². The third kappa shape index (κ3) is 6.54. The number of amides is 1. The third-order valence-electron chi connectivity index (χ3n) is 5.47. The summed E-state index contributed by atoms with van der Waals surface area (Å²) >= 11 is 0. The van der Waals surface area contributed by atoms with Crippen molar-refractivity contribution in [1.82, 2.24) is 15.6 Å². The highest BCUT2D eigenvalue weighted by Crippen LogP contribution is 2.31. The van der Waals surface area contributed by atoms with Crippen LogP contribution in [0.3, 0.4) is 0 Å². The summed E-state index contributed by atoms with van der Waals surface area (Å²) < 4.78 is 72.2. The zero-order chi connectivity index (χ0) is 25.6. The van der Waals surface area contributed by atoms with Crippen LogP contribution in [0.15, 0.2) is 60.8 Å². The molecule has 10 heteroatoms. The number of benzene rings is 2. The Morgan fingerprint density at radius 3 is 2.20 bits per heavy atom. The predicted octanol–water partition coefficient (Wildman–Crippen LogP) is 5.14. The first kappa shape index (κ1) is 26.1. The monoisotopic (exact) mass is 493 g/mol. The summed E-state index contributed by atoms with van der Waals surface area (Å²) in [7, 11) is 2.61. The Labute approximate surface area is 199 Å². The minimum atomic E-state index is -4.56. The fourth-order valence-electron chi connectivity index (χ4n) is 3.69. The molecule has 3 aromatic rings. The Bertz CT molecular complexity index is 1120. The lowest BCUT2D eigenvalue weighted by Crippen LogP contribution is -2.38. The van der Waals surface area contributed by atoms with Gasteiger partial charge in [-0.05, 0) is 47.7 Å². The zero-order valence-electron chi connectivity index (χ0n) is 19.0. The normalized spacial score (nSPS) is 13.2. The molecule has 2 N–H and O–H groups in total. The lowest BCUT2D eigenvalue weighted by atomic mass is 9.96. The maximum absolute atomic E-state index is 14.5. The fourth-order valence-corrected chi connectivity index (χ4v) is 3.69. The number of rotatable bonds is 9. The maximum atomic E-state index is 14.5. The summed E-state index contributed by atoms with van der Waals surface area (Å²) in [6.45, 7) is 0. The summed E-state index contributed by atoms with van der Waals surface area (Å²) in [4.78, 5) is 16.1. The van der Waals surface area contributed by atoms with Crippen molar-refractivity contribution in [2.45, 2.75) is 31.1 Å². The Hall–Kier alpha value is -3.53. The molecule has 2 atom stereocenters. The van der Waals surface area contributed by atoms with Crippen LogP contribution in [-0.2, 0) is 17.4 Å². The van der Waals surface area contributed by atoms with E-state index in [1.807, 2.05) is 0 Å². The van der Waals surface area contributed by atoms with Gasteiger partial charge in [-0.2, -0.15) is 13.2 Å². The first-order chi connectivity index (χ1) is 16.6. The van der Waals surface area contributed by atoms with Crippen LogP contribution < -0.4 is 15.4 Å². The molecule has 0 saturated heterocycles. The van der Waals surface area contributed by atoms with Gasteiger partial charge in [-0.15, -0.1) is 0 Å². The number of aromatic nitrogens is 1. The van der Waals surface area contributed by atoms with Gasteiger partial charge in [-0.25, -0.2) is 8.78 Å². The molecule has 0 saturated carbocycles. The van der Waals surface area contributed by atoms with Crippen LogP contribution in [0, 0.1) is 11.6 Å². The van der Waals surface area contributed by atoms with Crippen molar-refractivity contribution in [3.63, 3.8) is 0 Å². The number of nitrogens with zero attached hydrogens (tertiary/aromatic N) is 1. The zero-order valence-corrected chi connectivity index (χ0v) is 19.0. The molecule has 186 valence electrons. The van der Waals surface area contributed by atoms with E-state index in [0.717, 1.165) is 31.5 Å². The molecule has 0 radical (unpaired) electrons.